The molecule has 1 heterocycles. The van der Waals surface area contributed by atoms with Crippen molar-refractivity contribution >= 4 is 23.4 Å². The molecular formula is C15H22N2OS. The summed E-state index contributed by atoms with van der Waals surface area (Å²) in [6.45, 7) is 5.04. The zero-order valence-electron chi connectivity index (χ0n) is 11.6. The topological polar surface area (TPSA) is 41.1 Å². The Labute approximate surface area is 119 Å². The second kappa shape index (κ2) is 6.85. The second-order valence-corrected chi connectivity index (χ2v) is 6.44. The van der Waals surface area contributed by atoms with Crippen molar-refractivity contribution in [2.24, 2.45) is 0 Å². The smallest absolute Gasteiger partial charge is 0.251 e. The lowest BCUT2D eigenvalue weighted by Gasteiger charge is -2.18. The Kier molecular flexibility index (Phi) is 5.14. The van der Waals surface area contributed by atoms with Crippen LogP contribution in [-0.4, -0.2) is 29.5 Å². The SMILES string of the molecule is CCCNC(=O)c1cccc(NC2CCSC2C)c1. The summed E-state index contributed by atoms with van der Waals surface area (Å²) in [5, 5.41) is 7.09. The second-order valence-electron chi connectivity index (χ2n) is 4.95. The predicted octanol–water partition coefficient (Wildman–Crippen LogP) is 3.13. The Morgan fingerprint density at radius 1 is 1.47 bits per heavy atom. The number of thioether (sulfide) groups is 1. The Balaban J connectivity index is 2.00. The van der Waals surface area contributed by atoms with Gasteiger partial charge in [0.2, 0.25) is 0 Å². The predicted molar refractivity (Wildman–Crippen MR) is 83.0 cm³/mol. The third-order valence-corrected chi connectivity index (χ3v) is 4.71. The standard InChI is InChI=1S/C15H22N2OS/c1-3-8-16-15(18)12-5-4-6-13(10-12)17-14-7-9-19-11(14)2/h4-6,10-11,14,17H,3,7-9H2,1-2H3,(H,16,18). The van der Waals surface area contributed by atoms with E-state index < -0.39 is 0 Å². The molecular weight excluding hydrogens is 256 g/mol. The summed E-state index contributed by atoms with van der Waals surface area (Å²) in [5.41, 5.74) is 1.78. The number of carbonyl (C=O) groups excluding carboxylic acids is 1. The van der Waals surface area contributed by atoms with Crippen LogP contribution in [0.15, 0.2) is 24.3 Å². The minimum Gasteiger partial charge on any atom is -0.381 e. The van der Waals surface area contributed by atoms with Crippen molar-refractivity contribution in [3.8, 4) is 0 Å². The minimum absolute atomic E-state index is 0.0133. The molecule has 0 bridgehead atoms. The summed E-state index contributed by atoms with van der Waals surface area (Å²) in [7, 11) is 0. The first-order valence-corrected chi connectivity index (χ1v) is 8.02. The maximum absolute atomic E-state index is 11.9. The third-order valence-electron chi connectivity index (χ3n) is 3.39. The van der Waals surface area contributed by atoms with E-state index in [1.807, 2.05) is 36.0 Å². The molecule has 2 N–H and O–H groups in total. The first kappa shape index (κ1) is 14.3. The monoisotopic (exact) mass is 278 g/mol. The average Bonchev–Trinajstić information content (AvgIpc) is 2.82. The molecule has 1 saturated heterocycles. The first-order valence-electron chi connectivity index (χ1n) is 6.97. The summed E-state index contributed by atoms with van der Waals surface area (Å²) < 4.78 is 0. The largest absolute Gasteiger partial charge is 0.381 e. The first-order chi connectivity index (χ1) is 9.20. The molecule has 1 fully saturated rings. The number of benzene rings is 1. The average molecular weight is 278 g/mol. The molecule has 0 saturated carbocycles. The third kappa shape index (κ3) is 3.90. The van der Waals surface area contributed by atoms with Crippen molar-refractivity contribution in [3.63, 3.8) is 0 Å². The number of anilines is 1. The van der Waals surface area contributed by atoms with Gasteiger partial charge in [-0.25, -0.2) is 0 Å². The highest BCUT2D eigenvalue weighted by Crippen LogP contribution is 2.28. The van der Waals surface area contributed by atoms with Gasteiger partial charge in [-0.15, -0.1) is 0 Å². The van der Waals surface area contributed by atoms with Crippen LogP contribution < -0.4 is 10.6 Å². The maximum atomic E-state index is 11.9. The fraction of sp³-hybridized carbons (Fsp3) is 0.533. The lowest BCUT2D eigenvalue weighted by Crippen LogP contribution is -2.26. The highest BCUT2D eigenvalue weighted by Gasteiger charge is 2.23. The van der Waals surface area contributed by atoms with Crippen LogP contribution in [0.5, 0.6) is 0 Å². The van der Waals surface area contributed by atoms with Gasteiger partial charge in [-0.2, -0.15) is 11.8 Å². The van der Waals surface area contributed by atoms with Gasteiger partial charge in [-0.1, -0.05) is 19.9 Å². The quantitative estimate of drug-likeness (QED) is 0.869. The molecule has 1 aromatic carbocycles. The van der Waals surface area contributed by atoms with Crippen LogP contribution in [0, 0.1) is 0 Å². The molecule has 1 aliphatic heterocycles. The van der Waals surface area contributed by atoms with E-state index in [-0.39, 0.29) is 5.91 Å². The van der Waals surface area contributed by atoms with Gasteiger partial charge in [-0.3, -0.25) is 4.79 Å². The van der Waals surface area contributed by atoms with Crippen LogP contribution in [-0.2, 0) is 0 Å². The van der Waals surface area contributed by atoms with E-state index in [1.165, 1.54) is 12.2 Å². The summed E-state index contributed by atoms with van der Waals surface area (Å²) in [4.78, 5) is 11.9. The molecule has 104 valence electrons. The van der Waals surface area contributed by atoms with Gasteiger partial charge >= 0.3 is 0 Å². The molecule has 0 radical (unpaired) electrons. The van der Waals surface area contributed by atoms with Gasteiger partial charge in [0.05, 0.1) is 0 Å². The van der Waals surface area contributed by atoms with Crippen molar-refractivity contribution in [3.05, 3.63) is 29.8 Å². The van der Waals surface area contributed by atoms with E-state index >= 15 is 0 Å². The maximum Gasteiger partial charge on any atom is 0.251 e. The molecule has 4 heteroatoms. The van der Waals surface area contributed by atoms with E-state index in [2.05, 4.69) is 24.5 Å². The molecule has 3 nitrogen and oxygen atoms in total. The van der Waals surface area contributed by atoms with Crippen LogP contribution >= 0.6 is 11.8 Å². The Morgan fingerprint density at radius 2 is 2.32 bits per heavy atom. The van der Waals surface area contributed by atoms with Crippen LogP contribution in [0.2, 0.25) is 0 Å². The highest BCUT2D eigenvalue weighted by molar-refractivity contribution is 8.00. The Hall–Kier alpha value is -1.16. The molecule has 1 amide bonds. The number of carbonyl (C=O) groups is 1. The molecule has 0 aromatic heterocycles. The lowest BCUT2D eigenvalue weighted by atomic mass is 10.1. The van der Waals surface area contributed by atoms with Gasteiger partial charge in [0, 0.05) is 29.1 Å². The van der Waals surface area contributed by atoms with Crippen LogP contribution in [0.1, 0.15) is 37.0 Å². The van der Waals surface area contributed by atoms with Crippen LogP contribution in [0.25, 0.3) is 0 Å². The van der Waals surface area contributed by atoms with E-state index in [0.717, 1.165) is 24.2 Å². The summed E-state index contributed by atoms with van der Waals surface area (Å²) in [5.74, 6) is 1.23. The number of amides is 1. The molecule has 0 aliphatic carbocycles. The Morgan fingerprint density at radius 3 is 3.00 bits per heavy atom. The molecule has 19 heavy (non-hydrogen) atoms. The molecule has 1 aromatic rings. The fourth-order valence-corrected chi connectivity index (χ4v) is 3.42. The minimum atomic E-state index is 0.0133. The highest BCUT2D eigenvalue weighted by atomic mass is 32.2. The van der Waals surface area contributed by atoms with Gasteiger partial charge in [0.25, 0.3) is 5.91 Å². The van der Waals surface area contributed by atoms with Crippen molar-refractivity contribution in [1.82, 2.24) is 5.32 Å². The summed E-state index contributed by atoms with van der Waals surface area (Å²) in [6.07, 6.45) is 2.15. The van der Waals surface area contributed by atoms with Crippen LogP contribution in [0.3, 0.4) is 0 Å². The number of nitrogens with one attached hydrogen (secondary N) is 2. The molecule has 2 unspecified atom stereocenters. The summed E-state index contributed by atoms with van der Waals surface area (Å²) in [6, 6.07) is 8.30. The van der Waals surface area contributed by atoms with E-state index in [0.29, 0.717) is 11.3 Å². The number of rotatable bonds is 5. The van der Waals surface area contributed by atoms with Crippen molar-refractivity contribution in [1.29, 1.82) is 0 Å². The fourth-order valence-electron chi connectivity index (χ4n) is 2.23. The van der Waals surface area contributed by atoms with Crippen molar-refractivity contribution in [2.75, 3.05) is 17.6 Å². The molecule has 2 atom stereocenters. The zero-order valence-corrected chi connectivity index (χ0v) is 12.4. The van der Waals surface area contributed by atoms with E-state index in [9.17, 15) is 4.79 Å². The van der Waals surface area contributed by atoms with Crippen molar-refractivity contribution < 1.29 is 4.79 Å². The van der Waals surface area contributed by atoms with E-state index in [1.54, 1.807) is 0 Å². The van der Waals surface area contributed by atoms with Gasteiger partial charge < -0.3 is 10.6 Å². The van der Waals surface area contributed by atoms with Gasteiger partial charge in [-0.05, 0) is 36.8 Å². The van der Waals surface area contributed by atoms with E-state index in [4.69, 9.17) is 0 Å². The number of hydrogen-bond acceptors (Lipinski definition) is 3. The normalized spacial score (nSPS) is 22.2. The van der Waals surface area contributed by atoms with Gasteiger partial charge in [0.15, 0.2) is 0 Å². The zero-order chi connectivity index (χ0) is 13.7. The van der Waals surface area contributed by atoms with Crippen LogP contribution in [0.4, 0.5) is 5.69 Å². The summed E-state index contributed by atoms with van der Waals surface area (Å²) >= 11 is 2.00. The van der Waals surface area contributed by atoms with Crippen molar-refractivity contribution in [2.45, 2.75) is 38.0 Å². The lowest BCUT2D eigenvalue weighted by molar-refractivity contribution is 0.0953. The number of hydrogen-bond donors (Lipinski definition) is 2. The molecule has 2 rings (SSSR count). The Bertz CT molecular complexity index is 436. The van der Waals surface area contributed by atoms with Gasteiger partial charge in [0.1, 0.15) is 0 Å². The molecule has 0 spiro atoms. The molecule has 1 aliphatic rings.